The van der Waals surface area contributed by atoms with E-state index in [1.807, 2.05) is 27.7 Å². The topological polar surface area (TPSA) is 70.7 Å². The minimum Gasteiger partial charge on any atom is -0.481 e. The lowest BCUT2D eigenvalue weighted by Gasteiger charge is -2.41. The van der Waals surface area contributed by atoms with E-state index in [4.69, 9.17) is 21.7 Å². The first-order valence-corrected chi connectivity index (χ1v) is 12.0. The SMILES string of the molecule is CC[C@]1(C(=O)O)CCCN(c2c(C(C)C)c(C)nc3cc(-c4ccc(C(F)(F)F)cc4Cl)nn23)C1. The van der Waals surface area contributed by atoms with Crippen LogP contribution in [0.15, 0.2) is 24.3 Å². The summed E-state index contributed by atoms with van der Waals surface area (Å²) in [6.45, 7) is 8.91. The number of aromatic nitrogens is 3. The van der Waals surface area contributed by atoms with Gasteiger partial charge < -0.3 is 10.0 Å². The number of carboxylic acid groups (broad SMARTS) is 1. The number of halogens is 4. The third kappa shape index (κ3) is 4.46. The first kappa shape index (κ1) is 25.3. The highest BCUT2D eigenvalue weighted by Gasteiger charge is 2.42. The lowest BCUT2D eigenvalue weighted by Crippen LogP contribution is -2.48. The van der Waals surface area contributed by atoms with Gasteiger partial charge in [0.15, 0.2) is 5.65 Å². The normalized spacial score (nSPS) is 19.1. The van der Waals surface area contributed by atoms with Crippen LogP contribution in [0, 0.1) is 12.3 Å². The summed E-state index contributed by atoms with van der Waals surface area (Å²) in [4.78, 5) is 19.0. The lowest BCUT2D eigenvalue weighted by atomic mass is 9.77. The summed E-state index contributed by atoms with van der Waals surface area (Å²) in [5.74, 6) is 0.0538. The molecular weight excluding hydrogens is 481 g/mol. The maximum atomic E-state index is 13.1. The predicted molar refractivity (Wildman–Crippen MR) is 129 cm³/mol. The summed E-state index contributed by atoms with van der Waals surface area (Å²) >= 11 is 6.24. The van der Waals surface area contributed by atoms with Gasteiger partial charge in [0, 0.05) is 36.0 Å². The number of anilines is 1. The number of carbonyl (C=O) groups is 1. The number of hydrogen-bond donors (Lipinski definition) is 1. The molecule has 6 nitrogen and oxygen atoms in total. The van der Waals surface area contributed by atoms with E-state index in [0.29, 0.717) is 42.8 Å². The van der Waals surface area contributed by atoms with E-state index in [-0.39, 0.29) is 10.9 Å². The highest BCUT2D eigenvalue weighted by Crippen LogP contribution is 2.40. The van der Waals surface area contributed by atoms with Gasteiger partial charge in [-0.2, -0.15) is 22.8 Å². The molecule has 1 fully saturated rings. The Morgan fingerprint density at radius 2 is 2.00 bits per heavy atom. The fraction of sp³-hybridized carbons (Fsp3) is 0.480. The molecule has 1 saturated heterocycles. The van der Waals surface area contributed by atoms with Crippen LogP contribution in [0.2, 0.25) is 5.02 Å². The molecule has 0 spiro atoms. The van der Waals surface area contributed by atoms with Crippen molar-refractivity contribution >= 4 is 29.0 Å². The van der Waals surface area contributed by atoms with Crippen molar-refractivity contribution in [2.45, 2.75) is 59.1 Å². The zero-order valence-corrected chi connectivity index (χ0v) is 20.8. The molecule has 0 saturated carbocycles. The second kappa shape index (κ2) is 9.00. The lowest BCUT2D eigenvalue weighted by molar-refractivity contribution is -0.149. The second-order valence-electron chi connectivity index (χ2n) is 9.55. The number of aliphatic carboxylic acids is 1. The number of piperidine rings is 1. The molecule has 3 aromatic rings. The summed E-state index contributed by atoms with van der Waals surface area (Å²) < 4.78 is 41.0. The average Bonchev–Trinajstić information content (AvgIpc) is 3.20. The molecule has 1 aromatic carbocycles. The van der Waals surface area contributed by atoms with E-state index in [2.05, 4.69) is 4.90 Å². The number of alkyl halides is 3. The summed E-state index contributed by atoms with van der Waals surface area (Å²) in [5.41, 5.74) is 1.36. The van der Waals surface area contributed by atoms with Gasteiger partial charge >= 0.3 is 12.1 Å². The van der Waals surface area contributed by atoms with Gasteiger partial charge in [-0.25, -0.2) is 4.98 Å². The Kier molecular flexibility index (Phi) is 6.51. The average molecular weight is 509 g/mol. The molecule has 1 aliphatic rings. The quantitative estimate of drug-likeness (QED) is 0.421. The van der Waals surface area contributed by atoms with Crippen molar-refractivity contribution < 1.29 is 23.1 Å². The standard InChI is InChI=1S/C25H28ClF3N4O2/c1-5-24(23(34)35)9-6-10-32(13-24)22-21(14(2)3)15(4)30-20-12-19(31-33(20)22)17-8-7-16(11-18(17)26)25(27,28)29/h7-8,11-12,14H,5-6,9-10,13H2,1-4H3,(H,34,35)/t24-/m0/s1. The number of carboxylic acids is 1. The van der Waals surface area contributed by atoms with Gasteiger partial charge in [0.1, 0.15) is 5.82 Å². The zero-order chi connectivity index (χ0) is 25.7. The predicted octanol–water partition coefficient (Wildman–Crippen LogP) is 6.58. The Morgan fingerprint density at radius 1 is 1.29 bits per heavy atom. The van der Waals surface area contributed by atoms with E-state index in [1.54, 1.807) is 10.6 Å². The van der Waals surface area contributed by atoms with Crippen molar-refractivity contribution in [2.75, 3.05) is 18.0 Å². The van der Waals surface area contributed by atoms with Crippen LogP contribution >= 0.6 is 11.6 Å². The van der Waals surface area contributed by atoms with E-state index in [0.717, 1.165) is 35.6 Å². The molecule has 188 valence electrons. The first-order chi connectivity index (χ1) is 16.4. The molecule has 3 heterocycles. The summed E-state index contributed by atoms with van der Waals surface area (Å²) in [7, 11) is 0. The van der Waals surface area contributed by atoms with E-state index in [9.17, 15) is 23.1 Å². The molecule has 0 radical (unpaired) electrons. The Hall–Kier alpha value is -2.81. The monoisotopic (exact) mass is 508 g/mol. The van der Waals surface area contributed by atoms with Crippen LogP contribution in [0.1, 0.15) is 62.8 Å². The van der Waals surface area contributed by atoms with Gasteiger partial charge in [-0.05, 0) is 44.2 Å². The third-order valence-corrected chi connectivity index (χ3v) is 7.27. The molecule has 1 atom stereocenters. The Labute approximate surface area is 206 Å². The maximum Gasteiger partial charge on any atom is 0.416 e. The van der Waals surface area contributed by atoms with Crippen LogP contribution in [0.3, 0.4) is 0 Å². The van der Waals surface area contributed by atoms with Crippen molar-refractivity contribution in [3.8, 4) is 11.3 Å². The van der Waals surface area contributed by atoms with Crippen LogP contribution < -0.4 is 4.90 Å². The van der Waals surface area contributed by atoms with Gasteiger partial charge in [-0.3, -0.25) is 4.79 Å². The number of aryl methyl sites for hydroxylation is 1. The van der Waals surface area contributed by atoms with Gasteiger partial charge in [0.2, 0.25) is 0 Å². The van der Waals surface area contributed by atoms with Gasteiger partial charge in [0.05, 0.1) is 21.7 Å². The van der Waals surface area contributed by atoms with Crippen molar-refractivity contribution in [2.24, 2.45) is 5.41 Å². The number of fused-ring (bicyclic) bond motifs is 1. The molecule has 0 aliphatic carbocycles. The summed E-state index contributed by atoms with van der Waals surface area (Å²) in [6, 6.07) is 4.89. The molecule has 0 amide bonds. The molecule has 1 N–H and O–H groups in total. The fourth-order valence-corrected chi connectivity index (χ4v) is 5.33. The molecule has 10 heteroatoms. The van der Waals surface area contributed by atoms with Crippen molar-refractivity contribution in [3.05, 3.63) is 46.1 Å². The molecule has 1 aliphatic heterocycles. The van der Waals surface area contributed by atoms with Crippen molar-refractivity contribution in [1.82, 2.24) is 14.6 Å². The van der Waals surface area contributed by atoms with Crippen molar-refractivity contribution in [1.29, 1.82) is 0 Å². The Bertz CT molecular complexity index is 1290. The molecule has 0 unspecified atom stereocenters. The van der Waals surface area contributed by atoms with Crippen LogP contribution in [-0.2, 0) is 11.0 Å². The largest absolute Gasteiger partial charge is 0.481 e. The molecule has 4 rings (SSSR count). The van der Waals surface area contributed by atoms with E-state index < -0.39 is 23.1 Å². The van der Waals surface area contributed by atoms with Crippen LogP contribution in [0.5, 0.6) is 0 Å². The van der Waals surface area contributed by atoms with E-state index in [1.165, 1.54) is 6.07 Å². The molecule has 0 bridgehead atoms. The maximum absolute atomic E-state index is 13.1. The van der Waals surface area contributed by atoms with Crippen LogP contribution in [0.25, 0.3) is 16.9 Å². The number of nitrogens with zero attached hydrogens (tertiary/aromatic N) is 4. The van der Waals surface area contributed by atoms with Gasteiger partial charge in [0.25, 0.3) is 0 Å². The van der Waals surface area contributed by atoms with Crippen LogP contribution in [0.4, 0.5) is 19.0 Å². The third-order valence-electron chi connectivity index (χ3n) is 6.96. The minimum absolute atomic E-state index is 0.0561. The smallest absolute Gasteiger partial charge is 0.416 e. The minimum atomic E-state index is -4.50. The molecule has 2 aromatic heterocycles. The number of benzene rings is 1. The van der Waals surface area contributed by atoms with Gasteiger partial charge in [-0.15, -0.1) is 0 Å². The van der Waals surface area contributed by atoms with Gasteiger partial charge in [-0.1, -0.05) is 38.4 Å². The fourth-order valence-electron chi connectivity index (χ4n) is 5.05. The van der Waals surface area contributed by atoms with Crippen molar-refractivity contribution in [3.63, 3.8) is 0 Å². The number of hydrogen-bond acceptors (Lipinski definition) is 4. The number of rotatable bonds is 5. The summed E-state index contributed by atoms with van der Waals surface area (Å²) in [6.07, 6.45) is -2.66. The highest BCUT2D eigenvalue weighted by atomic mass is 35.5. The highest BCUT2D eigenvalue weighted by molar-refractivity contribution is 6.33. The van der Waals surface area contributed by atoms with Crippen LogP contribution in [-0.4, -0.2) is 38.8 Å². The summed E-state index contributed by atoms with van der Waals surface area (Å²) in [5, 5.41) is 14.7. The Balaban J connectivity index is 1.89. The molecule has 35 heavy (non-hydrogen) atoms. The first-order valence-electron chi connectivity index (χ1n) is 11.6. The Morgan fingerprint density at radius 3 is 2.57 bits per heavy atom. The molecular formula is C25H28ClF3N4O2. The second-order valence-corrected chi connectivity index (χ2v) is 9.95. The van der Waals surface area contributed by atoms with E-state index >= 15 is 0 Å². The zero-order valence-electron chi connectivity index (χ0n) is 20.1.